The number of carbonyl (C=O) groups excluding carboxylic acids is 1. The van der Waals surface area contributed by atoms with Crippen LogP contribution in [0.4, 0.5) is 8.78 Å². The standard InChI is InChI=1S/C18H20F2N2O3/c1-18(21,13-6-4-3-5-7-13)16(23)22-11-12-10-14(24-2)8-9-15(12)25-17(19)20/h3-10,17H,11,21H2,1-2H3,(H,22,23). The molecule has 0 saturated carbocycles. The fourth-order valence-corrected chi connectivity index (χ4v) is 2.31. The summed E-state index contributed by atoms with van der Waals surface area (Å²) < 4.78 is 34.6. The Hall–Kier alpha value is -2.67. The molecule has 3 N–H and O–H groups in total. The lowest BCUT2D eigenvalue weighted by Gasteiger charge is -2.24. The van der Waals surface area contributed by atoms with Crippen LogP contribution in [0, 0.1) is 0 Å². The third-order valence-corrected chi connectivity index (χ3v) is 3.77. The van der Waals surface area contributed by atoms with Gasteiger partial charge in [0.15, 0.2) is 0 Å². The van der Waals surface area contributed by atoms with Crippen molar-refractivity contribution in [2.45, 2.75) is 25.6 Å². The van der Waals surface area contributed by atoms with E-state index in [1.165, 1.54) is 25.3 Å². The fourth-order valence-electron chi connectivity index (χ4n) is 2.31. The van der Waals surface area contributed by atoms with Gasteiger partial charge >= 0.3 is 6.61 Å². The summed E-state index contributed by atoms with van der Waals surface area (Å²) in [6.07, 6.45) is 0. The lowest BCUT2D eigenvalue weighted by molar-refractivity contribution is -0.126. The fraction of sp³-hybridized carbons (Fsp3) is 0.278. The summed E-state index contributed by atoms with van der Waals surface area (Å²) in [4.78, 5) is 12.5. The van der Waals surface area contributed by atoms with Crippen molar-refractivity contribution < 1.29 is 23.0 Å². The topological polar surface area (TPSA) is 73.6 Å². The molecule has 0 saturated heterocycles. The molecule has 0 aliphatic rings. The van der Waals surface area contributed by atoms with E-state index in [2.05, 4.69) is 10.1 Å². The van der Waals surface area contributed by atoms with Crippen LogP contribution in [0.3, 0.4) is 0 Å². The Morgan fingerprint density at radius 2 is 1.92 bits per heavy atom. The molecule has 7 heteroatoms. The van der Waals surface area contributed by atoms with Crippen LogP contribution in [0.15, 0.2) is 48.5 Å². The van der Waals surface area contributed by atoms with E-state index in [1.807, 2.05) is 6.07 Å². The van der Waals surface area contributed by atoms with Crippen LogP contribution in [0.25, 0.3) is 0 Å². The van der Waals surface area contributed by atoms with E-state index in [-0.39, 0.29) is 12.3 Å². The highest BCUT2D eigenvalue weighted by molar-refractivity contribution is 5.87. The first kappa shape index (κ1) is 18.7. The molecule has 0 fully saturated rings. The minimum absolute atomic E-state index is 0.0300. The molecular weight excluding hydrogens is 330 g/mol. The number of amides is 1. The van der Waals surface area contributed by atoms with Crippen molar-refractivity contribution in [3.8, 4) is 11.5 Å². The lowest BCUT2D eigenvalue weighted by Crippen LogP contribution is -2.48. The van der Waals surface area contributed by atoms with Gasteiger partial charge in [-0.2, -0.15) is 8.78 Å². The van der Waals surface area contributed by atoms with Gasteiger partial charge in [-0.15, -0.1) is 0 Å². The summed E-state index contributed by atoms with van der Waals surface area (Å²) in [6.45, 7) is -1.41. The van der Waals surface area contributed by atoms with Gasteiger partial charge in [0, 0.05) is 12.1 Å². The van der Waals surface area contributed by atoms with E-state index in [4.69, 9.17) is 10.5 Å². The predicted octanol–water partition coefficient (Wildman–Crippen LogP) is 2.79. The second kappa shape index (κ2) is 7.94. The second-order valence-electron chi connectivity index (χ2n) is 5.60. The lowest BCUT2D eigenvalue weighted by atomic mass is 9.92. The molecule has 0 aromatic heterocycles. The maximum absolute atomic E-state index is 12.5. The first-order valence-electron chi connectivity index (χ1n) is 7.59. The number of alkyl halides is 2. The SMILES string of the molecule is COc1ccc(OC(F)F)c(CNC(=O)C(C)(N)c2ccccc2)c1. The average molecular weight is 350 g/mol. The zero-order valence-corrected chi connectivity index (χ0v) is 14.0. The van der Waals surface area contributed by atoms with E-state index in [9.17, 15) is 13.6 Å². The van der Waals surface area contributed by atoms with Gasteiger partial charge in [0.05, 0.1) is 7.11 Å². The van der Waals surface area contributed by atoms with Gasteiger partial charge in [0.2, 0.25) is 5.91 Å². The molecule has 1 amide bonds. The van der Waals surface area contributed by atoms with E-state index >= 15 is 0 Å². The molecule has 1 unspecified atom stereocenters. The van der Waals surface area contributed by atoms with Crippen LogP contribution in [-0.4, -0.2) is 19.6 Å². The Morgan fingerprint density at radius 3 is 2.52 bits per heavy atom. The first-order chi connectivity index (χ1) is 11.8. The maximum atomic E-state index is 12.5. The number of hydrogen-bond acceptors (Lipinski definition) is 4. The van der Waals surface area contributed by atoms with Crippen molar-refractivity contribution in [3.63, 3.8) is 0 Å². The van der Waals surface area contributed by atoms with E-state index in [0.717, 1.165) is 0 Å². The molecule has 0 bridgehead atoms. The number of hydrogen-bond donors (Lipinski definition) is 2. The molecular formula is C18H20F2N2O3. The summed E-state index contributed by atoms with van der Waals surface area (Å²) in [5.74, 6) is -0.0107. The van der Waals surface area contributed by atoms with Gasteiger partial charge in [-0.1, -0.05) is 30.3 Å². The number of benzene rings is 2. The van der Waals surface area contributed by atoms with E-state index < -0.39 is 18.1 Å². The Morgan fingerprint density at radius 1 is 1.24 bits per heavy atom. The van der Waals surface area contributed by atoms with Crippen LogP contribution < -0.4 is 20.5 Å². The van der Waals surface area contributed by atoms with Crippen molar-refractivity contribution in [3.05, 3.63) is 59.7 Å². The highest BCUT2D eigenvalue weighted by Gasteiger charge is 2.30. The smallest absolute Gasteiger partial charge is 0.387 e. The monoisotopic (exact) mass is 350 g/mol. The van der Waals surface area contributed by atoms with Crippen molar-refractivity contribution >= 4 is 5.91 Å². The number of ether oxygens (including phenoxy) is 2. The summed E-state index contributed by atoms with van der Waals surface area (Å²) in [5, 5.41) is 2.66. The number of nitrogens with one attached hydrogen (secondary N) is 1. The molecule has 0 heterocycles. The summed E-state index contributed by atoms with van der Waals surface area (Å²) >= 11 is 0. The van der Waals surface area contributed by atoms with Gasteiger partial charge < -0.3 is 20.5 Å². The molecule has 0 aliphatic carbocycles. The number of carbonyl (C=O) groups is 1. The zero-order chi connectivity index (χ0) is 18.4. The van der Waals surface area contributed by atoms with Crippen LogP contribution in [0.2, 0.25) is 0 Å². The molecule has 5 nitrogen and oxygen atoms in total. The van der Waals surface area contributed by atoms with Gasteiger partial charge in [-0.25, -0.2) is 0 Å². The van der Waals surface area contributed by atoms with E-state index in [1.54, 1.807) is 31.2 Å². The highest BCUT2D eigenvalue weighted by Crippen LogP contribution is 2.26. The molecule has 0 spiro atoms. The minimum Gasteiger partial charge on any atom is -0.497 e. The molecule has 134 valence electrons. The number of nitrogens with two attached hydrogens (primary N) is 1. The molecule has 2 rings (SSSR count). The number of halogens is 2. The van der Waals surface area contributed by atoms with Crippen molar-refractivity contribution in [2.75, 3.05) is 7.11 Å². The Balaban J connectivity index is 2.15. The van der Waals surface area contributed by atoms with Crippen molar-refractivity contribution in [1.29, 1.82) is 0 Å². The van der Waals surface area contributed by atoms with E-state index in [0.29, 0.717) is 16.9 Å². The third kappa shape index (κ3) is 4.67. The molecule has 0 aliphatic heterocycles. The first-order valence-corrected chi connectivity index (χ1v) is 7.59. The Kier molecular flexibility index (Phi) is 5.93. The third-order valence-electron chi connectivity index (χ3n) is 3.77. The van der Waals surface area contributed by atoms with Gasteiger partial charge in [0.1, 0.15) is 17.0 Å². The molecule has 2 aromatic carbocycles. The van der Waals surface area contributed by atoms with Crippen molar-refractivity contribution in [1.82, 2.24) is 5.32 Å². The van der Waals surface area contributed by atoms with Crippen molar-refractivity contribution in [2.24, 2.45) is 5.73 Å². The summed E-state index contributed by atoms with van der Waals surface area (Å²) in [6, 6.07) is 13.3. The van der Waals surface area contributed by atoms with Crippen LogP contribution >= 0.6 is 0 Å². The second-order valence-corrected chi connectivity index (χ2v) is 5.60. The average Bonchev–Trinajstić information content (AvgIpc) is 2.60. The predicted molar refractivity (Wildman–Crippen MR) is 89.5 cm³/mol. The summed E-state index contributed by atoms with van der Waals surface area (Å²) in [7, 11) is 1.46. The van der Waals surface area contributed by atoms with Crippen LogP contribution in [0.1, 0.15) is 18.1 Å². The normalized spacial score (nSPS) is 13.2. The summed E-state index contributed by atoms with van der Waals surface area (Å²) in [5.41, 5.74) is 5.87. The largest absolute Gasteiger partial charge is 0.497 e. The molecule has 1 atom stereocenters. The molecule has 25 heavy (non-hydrogen) atoms. The Bertz CT molecular complexity index is 722. The minimum atomic E-state index is -2.97. The zero-order valence-electron chi connectivity index (χ0n) is 14.0. The molecule has 0 radical (unpaired) electrons. The highest BCUT2D eigenvalue weighted by atomic mass is 19.3. The van der Waals surface area contributed by atoms with Gasteiger partial charge in [-0.3, -0.25) is 4.79 Å². The molecule has 2 aromatic rings. The number of rotatable bonds is 7. The van der Waals surface area contributed by atoms with Gasteiger partial charge in [0.25, 0.3) is 0 Å². The Labute approximate surface area is 144 Å². The number of methoxy groups -OCH3 is 1. The van der Waals surface area contributed by atoms with Crippen LogP contribution in [-0.2, 0) is 16.9 Å². The van der Waals surface area contributed by atoms with Gasteiger partial charge in [-0.05, 0) is 30.7 Å². The maximum Gasteiger partial charge on any atom is 0.387 e. The van der Waals surface area contributed by atoms with Crippen LogP contribution in [0.5, 0.6) is 11.5 Å². The quantitative estimate of drug-likeness (QED) is 0.805.